The number of fused-ring (bicyclic) bond motifs is 1. The summed E-state index contributed by atoms with van der Waals surface area (Å²) in [6.07, 6.45) is 4.53. The molecule has 1 aliphatic rings. The number of methoxy groups -OCH3 is 1. The summed E-state index contributed by atoms with van der Waals surface area (Å²) < 4.78 is 11.6. The van der Waals surface area contributed by atoms with Crippen molar-refractivity contribution in [3.05, 3.63) is 93.3 Å². The highest BCUT2D eigenvalue weighted by Crippen LogP contribution is 2.38. The highest BCUT2D eigenvalue weighted by Gasteiger charge is 2.23. The number of anilines is 1. The van der Waals surface area contributed by atoms with Crippen LogP contribution in [0, 0.1) is 0 Å². The average molecular weight is 577 g/mol. The molecule has 1 aliphatic carbocycles. The van der Waals surface area contributed by atoms with Crippen molar-refractivity contribution >= 4 is 44.1 Å². The molecule has 4 aromatic rings. The van der Waals surface area contributed by atoms with E-state index < -0.39 is 5.97 Å². The summed E-state index contributed by atoms with van der Waals surface area (Å²) in [6.45, 7) is -0.198. The van der Waals surface area contributed by atoms with Crippen molar-refractivity contribution in [2.75, 3.05) is 19.0 Å². The van der Waals surface area contributed by atoms with Gasteiger partial charge in [-0.2, -0.15) is 0 Å². The maximum absolute atomic E-state index is 12.8. The molecular weight excluding hydrogens is 550 g/mol. The molecule has 0 radical (unpaired) electrons. The van der Waals surface area contributed by atoms with Crippen molar-refractivity contribution in [2.24, 2.45) is 0 Å². The number of aryl methyl sites for hydroxylation is 2. The molecule has 5 rings (SSSR count). The second-order valence-electron chi connectivity index (χ2n) is 8.88. The Bertz CT molecular complexity index is 1450. The first-order valence-corrected chi connectivity index (χ1v) is 13.8. The Morgan fingerprint density at radius 1 is 0.919 bits per heavy atom. The number of ether oxygens (including phenoxy) is 2. The van der Waals surface area contributed by atoms with Crippen molar-refractivity contribution in [3.63, 3.8) is 0 Å². The van der Waals surface area contributed by atoms with Gasteiger partial charge in [0.1, 0.15) is 16.3 Å². The molecule has 0 spiro atoms. The van der Waals surface area contributed by atoms with Gasteiger partial charge in [0.15, 0.2) is 6.61 Å². The number of nitrogens with one attached hydrogen (secondary N) is 1. The summed E-state index contributed by atoms with van der Waals surface area (Å²) in [4.78, 5) is 25.5. The Kier molecular flexibility index (Phi) is 7.72. The first-order chi connectivity index (χ1) is 18.0. The van der Waals surface area contributed by atoms with Crippen LogP contribution in [0.1, 0.15) is 34.3 Å². The molecule has 0 saturated carbocycles. The number of amides is 1. The molecular formula is C30H26BrNO4S. The fourth-order valence-electron chi connectivity index (χ4n) is 4.60. The maximum Gasteiger partial charge on any atom is 0.341 e. The number of hydrogen-bond donors (Lipinski definition) is 1. The summed E-state index contributed by atoms with van der Waals surface area (Å²) in [5.41, 5.74) is 6.92. The van der Waals surface area contributed by atoms with Crippen molar-refractivity contribution in [3.8, 4) is 28.0 Å². The van der Waals surface area contributed by atoms with Crippen molar-refractivity contribution in [1.29, 1.82) is 0 Å². The van der Waals surface area contributed by atoms with Gasteiger partial charge in [-0.25, -0.2) is 4.79 Å². The van der Waals surface area contributed by atoms with Gasteiger partial charge in [-0.05, 0) is 81.6 Å². The van der Waals surface area contributed by atoms with Gasteiger partial charge in [0, 0.05) is 10.9 Å². The molecule has 1 heterocycles. The number of carbonyl (C=O) groups excluding carboxylic acids is 2. The van der Waals surface area contributed by atoms with E-state index in [1.54, 1.807) is 0 Å². The first kappa shape index (κ1) is 25.2. The minimum atomic E-state index is -0.482. The SMILES string of the molecule is COC(=O)c1c(-c2ccc3c(c2)CCCC3)csc1NC(=O)COc1ccc(-c2ccccc2)cc1Br. The molecule has 1 aromatic heterocycles. The van der Waals surface area contributed by atoms with Crippen LogP contribution in [0.25, 0.3) is 22.3 Å². The topological polar surface area (TPSA) is 64.6 Å². The molecule has 188 valence electrons. The zero-order valence-corrected chi connectivity index (χ0v) is 22.8. The van der Waals surface area contributed by atoms with Gasteiger partial charge in [0.05, 0.1) is 11.6 Å². The van der Waals surface area contributed by atoms with Crippen LogP contribution in [0.4, 0.5) is 5.00 Å². The van der Waals surface area contributed by atoms with Crippen LogP contribution in [-0.2, 0) is 22.4 Å². The van der Waals surface area contributed by atoms with E-state index in [4.69, 9.17) is 9.47 Å². The van der Waals surface area contributed by atoms with E-state index in [9.17, 15) is 9.59 Å². The van der Waals surface area contributed by atoms with Crippen LogP contribution >= 0.6 is 27.3 Å². The lowest BCUT2D eigenvalue weighted by atomic mass is 9.89. The third kappa shape index (κ3) is 5.63. The van der Waals surface area contributed by atoms with E-state index in [-0.39, 0.29) is 12.5 Å². The number of rotatable bonds is 7. The summed E-state index contributed by atoms with van der Waals surface area (Å²) >= 11 is 4.85. The zero-order valence-electron chi connectivity index (χ0n) is 20.4. The van der Waals surface area contributed by atoms with Gasteiger partial charge in [0.25, 0.3) is 5.91 Å². The third-order valence-electron chi connectivity index (χ3n) is 6.49. The van der Waals surface area contributed by atoms with Crippen LogP contribution < -0.4 is 10.1 Å². The largest absolute Gasteiger partial charge is 0.483 e. The lowest BCUT2D eigenvalue weighted by Gasteiger charge is -2.16. The Morgan fingerprint density at radius 2 is 1.68 bits per heavy atom. The van der Waals surface area contributed by atoms with E-state index >= 15 is 0 Å². The summed E-state index contributed by atoms with van der Waals surface area (Å²) in [5.74, 6) is -0.281. The predicted molar refractivity (Wildman–Crippen MR) is 151 cm³/mol. The van der Waals surface area contributed by atoms with E-state index in [0.29, 0.717) is 16.3 Å². The Balaban J connectivity index is 1.31. The quantitative estimate of drug-likeness (QED) is 0.231. The molecule has 0 aliphatic heterocycles. The molecule has 7 heteroatoms. The molecule has 0 fully saturated rings. The number of halogens is 1. The third-order valence-corrected chi connectivity index (χ3v) is 8.01. The Morgan fingerprint density at radius 3 is 2.43 bits per heavy atom. The monoisotopic (exact) mass is 575 g/mol. The zero-order chi connectivity index (χ0) is 25.8. The van der Waals surface area contributed by atoms with Crippen LogP contribution in [0.3, 0.4) is 0 Å². The van der Waals surface area contributed by atoms with E-state index in [1.807, 2.05) is 60.0 Å². The maximum atomic E-state index is 12.8. The fraction of sp³-hybridized carbons (Fsp3) is 0.200. The number of carbonyl (C=O) groups is 2. The van der Waals surface area contributed by atoms with Crippen LogP contribution in [0.5, 0.6) is 5.75 Å². The normalized spacial score (nSPS) is 12.5. The van der Waals surface area contributed by atoms with Crippen molar-refractivity contribution in [2.45, 2.75) is 25.7 Å². The highest BCUT2D eigenvalue weighted by atomic mass is 79.9. The highest BCUT2D eigenvalue weighted by molar-refractivity contribution is 9.10. The molecule has 0 bridgehead atoms. The van der Waals surface area contributed by atoms with Crippen LogP contribution in [0.2, 0.25) is 0 Å². The molecule has 5 nitrogen and oxygen atoms in total. The number of esters is 1. The standard InChI is InChI=1S/C30H26BrNO4S/c1-35-30(34)28-24(23-12-11-20-9-5-6-10-21(20)15-23)18-37-29(28)32-27(33)17-36-26-14-13-22(16-25(26)31)19-7-3-2-4-8-19/h2-4,7-8,11-16,18H,5-6,9-10,17H2,1H3,(H,32,33). The summed E-state index contributed by atoms with van der Waals surface area (Å²) in [7, 11) is 1.35. The fourth-order valence-corrected chi connectivity index (χ4v) is 6.07. The molecule has 1 N–H and O–H groups in total. The lowest BCUT2D eigenvalue weighted by molar-refractivity contribution is -0.118. The molecule has 0 atom stereocenters. The average Bonchev–Trinajstić information content (AvgIpc) is 3.35. The van der Waals surface area contributed by atoms with E-state index in [1.165, 1.54) is 42.4 Å². The number of thiophene rings is 1. The molecule has 3 aromatic carbocycles. The smallest absolute Gasteiger partial charge is 0.341 e. The van der Waals surface area contributed by atoms with Gasteiger partial charge in [-0.1, -0.05) is 54.6 Å². The Hall–Kier alpha value is -3.42. The van der Waals surface area contributed by atoms with Crippen LogP contribution in [0.15, 0.2) is 76.6 Å². The predicted octanol–water partition coefficient (Wildman–Crippen LogP) is 7.53. The number of benzene rings is 3. The second-order valence-corrected chi connectivity index (χ2v) is 10.6. The van der Waals surface area contributed by atoms with Gasteiger partial charge in [0.2, 0.25) is 0 Å². The van der Waals surface area contributed by atoms with Crippen molar-refractivity contribution < 1.29 is 19.1 Å². The van der Waals surface area contributed by atoms with Gasteiger partial charge in [-0.3, -0.25) is 4.79 Å². The van der Waals surface area contributed by atoms with Gasteiger partial charge < -0.3 is 14.8 Å². The van der Waals surface area contributed by atoms with E-state index in [0.717, 1.165) is 39.6 Å². The first-order valence-electron chi connectivity index (χ1n) is 12.1. The molecule has 0 unspecified atom stereocenters. The minimum Gasteiger partial charge on any atom is -0.483 e. The van der Waals surface area contributed by atoms with Crippen molar-refractivity contribution in [1.82, 2.24) is 0 Å². The van der Waals surface area contributed by atoms with Crippen LogP contribution in [-0.4, -0.2) is 25.6 Å². The second kappa shape index (κ2) is 11.3. The van der Waals surface area contributed by atoms with Gasteiger partial charge >= 0.3 is 5.97 Å². The Labute approximate surface area is 228 Å². The molecule has 0 saturated heterocycles. The summed E-state index contributed by atoms with van der Waals surface area (Å²) in [5, 5.41) is 5.19. The molecule has 1 amide bonds. The minimum absolute atomic E-state index is 0.198. The molecule has 37 heavy (non-hydrogen) atoms. The van der Waals surface area contributed by atoms with E-state index in [2.05, 4.69) is 33.4 Å². The van der Waals surface area contributed by atoms with Gasteiger partial charge in [-0.15, -0.1) is 11.3 Å². The summed E-state index contributed by atoms with van der Waals surface area (Å²) in [6, 6.07) is 22.1. The lowest BCUT2D eigenvalue weighted by Crippen LogP contribution is -2.21. The number of hydrogen-bond acceptors (Lipinski definition) is 5.